The molecule has 2 fully saturated rings. The first-order chi connectivity index (χ1) is 22.5. The first kappa shape index (κ1) is 31.5. The Bertz CT molecular complexity index is 1550. The van der Waals surface area contributed by atoms with Gasteiger partial charge < -0.3 is 19.1 Å². The molecule has 0 radical (unpaired) electrons. The maximum atomic E-state index is 14.8. The van der Waals surface area contributed by atoms with Gasteiger partial charge in [0.2, 0.25) is 5.91 Å². The van der Waals surface area contributed by atoms with Crippen molar-refractivity contribution in [1.29, 1.82) is 0 Å². The highest BCUT2D eigenvalue weighted by Gasteiger charge is 2.52. The van der Waals surface area contributed by atoms with Gasteiger partial charge in [-0.3, -0.25) is 4.79 Å². The van der Waals surface area contributed by atoms with E-state index in [-0.39, 0.29) is 18.4 Å². The number of carbonyl (C=O) groups is 2. The minimum Gasteiger partial charge on any atom is -0.446 e. The zero-order valence-corrected chi connectivity index (χ0v) is 26.6. The van der Waals surface area contributed by atoms with Crippen LogP contribution >= 0.6 is 0 Å². The molecule has 2 aliphatic rings. The van der Waals surface area contributed by atoms with E-state index in [2.05, 4.69) is 84.6 Å². The highest BCUT2D eigenvalue weighted by molar-refractivity contribution is 5.96. The molecule has 0 bridgehead atoms. The first-order valence-corrected chi connectivity index (χ1v) is 16.2. The maximum absolute atomic E-state index is 14.8. The van der Waals surface area contributed by atoms with Gasteiger partial charge in [0.05, 0.1) is 19.1 Å². The second kappa shape index (κ2) is 14.3. The Morgan fingerprint density at radius 3 is 2.02 bits per heavy atom. The minimum absolute atomic E-state index is 0.111. The topological polar surface area (TPSA) is 68.3 Å². The van der Waals surface area contributed by atoms with E-state index in [4.69, 9.17) is 14.2 Å². The number of benzene rings is 4. The zero-order valence-electron chi connectivity index (χ0n) is 26.6. The standard InChI is InChI=1S/C39H42N2O5/c1-3-34(32-21-13-22-33(25-32)40(26-29-15-7-4-8-16-29)27-30-17-9-5-10-18-30)36(39(2)45-23-14-24-46-39)37(42)41-35(28-44-38(41)43)31-19-11-6-12-20-31/h4-13,15-22,25,34-36H,3,14,23-24,26-28H2,1-2H3. The van der Waals surface area contributed by atoms with Gasteiger partial charge in [0, 0.05) is 24.7 Å². The summed E-state index contributed by atoms with van der Waals surface area (Å²) in [6.07, 6.45) is 0.747. The molecule has 46 heavy (non-hydrogen) atoms. The van der Waals surface area contributed by atoms with Gasteiger partial charge in [0.25, 0.3) is 0 Å². The molecule has 3 atom stereocenters. The Hall–Kier alpha value is -4.46. The fraction of sp³-hybridized carbons (Fsp3) is 0.333. The fourth-order valence-electron chi connectivity index (χ4n) is 6.79. The molecule has 2 saturated heterocycles. The molecule has 2 heterocycles. The Morgan fingerprint density at radius 1 is 0.848 bits per heavy atom. The smallest absolute Gasteiger partial charge is 0.417 e. The number of nitrogens with zero attached hydrogens (tertiary/aromatic N) is 2. The molecule has 0 aromatic heterocycles. The molecule has 6 rings (SSSR count). The molecule has 238 valence electrons. The summed E-state index contributed by atoms with van der Waals surface area (Å²) >= 11 is 0. The van der Waals surface area contributed by atoms with E-state index in [1.54, 1.807) is 0 Å². The quantitative estimate of drug-likeness (QED) is 0.170. The Labute approximate surface area is 271 Å². The third kappa shape index (κ3) is 6.86. The van der Waals surface area contributed by atoms with Crippen LogP contribution in [0.4, 0.5) is 10.5 Å². The predicted molar refractivity (Wildman–Crippen MR) is 178 cm³/mol. The Kier molecular flexibility index (Phi) is 9.81. The number of amides is 2. The van der Waals surface area contributed by atoms with E-state index < -0.39 is 23.8 Å². The van der Waals surface area contributed by atoms with Crippen molar-refractivity contribution in [3.05, 3.63) is 138 Å². The van der Waals surface area contributed by atoms with Gasteiger partial charge in [-0.05, 0) is 54.2 Å². The van der Waals surface area contributed by atoms with Gasteiger partial charge in [0.15, 0.2) is 5.79 Å². The van der Waals surface area contributed by atoms with Crippen molar-refractivity contribution in [3.63, 3.8) is 0 Å². The third-order valence-corrected chi connectivity index (χ3v) is 9.13. The largest absolute Gasteiger partial charge is 0.446 e. The third-order valence-electron chi connectivity index (χ3n) is 9.13. The molecular weight excluding hydrogens is 576 g/mol. The van der Waals surface area contributed by atoms with Crippen LogP contribution in [-0.4, -0.2) is 42.5 Å². The number of imide groups is 1. The molecule has 4 aromatic rings. The van der Waals surface area contributed by atoms with E-state index in [9.17, 15) is 9.59 Å². The van der Waals surface area contributed by atoms with Crippen LogP contribution in [0.1, 0.15) is 60.9 Å². The number of cyclic esters (lactones) is 1. The van der Waals surface area contributed by atoms with Crippen molar-refractivity contribution in [1.82, 2.24) is 4.90 Å². The summed E-state index contributed by atoms with van der Waals surface area (Å²) in [5.41, 5.74) is 5.31. The zero-order chi connectivity index (χ0) is 31.9. The predicted octanol–water partition coefficient (Wildman–Crippen LogP) is 7.88. The van der Waals surface area contributed by atoms with Gasteiger partial charge in [-0.15, -0.1) is 0 Å². The van der Waals surface area contributed by atoms with Crippen LogP contribution in [0.2, 0.25) is 0 Å². The SMILES string of the molecule is CCC(c1cccc(N(Cc2ccccc2)Cc2ccccc2)c1)C(C(=O)N1C(=O)OCC1c1ccccc1)C1(C)OCCCO1. The van der Waals surface area contributed by atoms with Crippen LogP contribution in [0.15, 0.2) is 115 Å². The van der Waals surface area contributed by atoms with Crippen molar-refractivity contribution >= 4 is 17.7 Å². The molecule has 2 amide bonds. The summed E-state index contributed by atoms with van der Waals surface area (Å²) < 4.78 is 18.1. The lowest BCUT2D eigenvalue weighted by Crippen LogP contribution is -2.54. The Morgan fingerprint density at radius 2 is 1.43 bits per heavy atom. The van der Waals surface area contributed by atoms with Crippen molar-refractivity contribution in [3.8, 4) is 0 Å². The summed E-state index contributed by atoms with van der Waals surface area (Å²) in [5.74, 6) is -2.65. The van der Waals surface area contributed by atoms with Gasteiger partial charge in [-0.25, -0.2) is 9.69 Å². The number of anilines is 1. The van der Waals surface area contributed by atoms with Crippen molar-refractivity contribution < 1.29 is 23.8 Å². The lowest BCUT2D eigenvalue weighted by molar-refractivity contribution is -0.283. The monoisotopic (exact) mass is 618 g/mol. The molecule has 7 heteroatoms. The van der Waals surface area contributed by atoms with E-state index in [1.165, 1.54) is 16.0 Å². The number of hydrogen-bond acceptors (Lipinski definition) is 6. The van der Waals surface area contributed by atoms with E-state index >= 15 is 0 Å². The van der Waals surface area contributed by atoms with Crippen LogP contribution in [0.25, 0.3) is 0 Å². The molecule has 0 saturated carbocycles. The normalized spacial score (nSPS) is 18.9. The number of hydrogen-bond donors (Lipinski definition) is 0. The van der Waals surface area contributed by atoms with Crippen molar-refractivity contribution in [2.24, 2.45) is 5.92 Å². The summed E-state index contributed by atoms with van der Waals surface area (Å²) in [6, 6.07) is 38.4. The highest BCUT2D eigenvalue weighted by atomic mass is 16.7. The lowest BCUT2D eigenvalue weighted by Gasteiger charge is -2.44. The van der Waals surface area contributed by atoms with Gasteiger partial charge >= 0.3 is 6.09 Å². The fourth-order valence-corrected chi connectivity index (χ4v) is 6.79. The highest BCUT2D eigenvalue weighted by Crippen LogP contribution is 2.44. The van der Waals surface area contributed by atoms with Crippen LogP contribution in [-0.2, 0) is 32.1 Å². The van der Waals surface area contributed by atoms with E-state index in [1.807, 2.05) is 49.4 Å². The van der Waals surface area contributed by atoms with Gasteiger partial charge in [-0.1, -0.05) is 110 Å². The van der Waals surface area contributed by atoms with Crippen LogP contribution in [0, 0.1) is 5.92 Å². The first-order valence-electron chi connectivity index (χ1n) is 16.2. The average molecular weight is 619 g/mol. The molecule has 3 unspecified atom stereocenters. The molecule has 0 spiro atoms. The van der Waals surface area contributed by atoms with Crippen LogP contribution in [0.3, 0.4) is 0 Å². The summed E-state index contributed by atoms with van der Waals surface area (Å²) in [5, 5.41) is 0. The van der Waals surface area contributed by atoms with E-state index in [0.29, 0.717) is 19.6 Å². The van der Waals surface area contributed by atoms with Crippen molar-refractivity contribution in [2.75, 3.05) is 24.7 Å². The van der Waals surface area contributed by atoms with Crippen LogP contribution in [0.5, 0.6) is 0 Å². The molecular formula is C39H42N2O5. The molecule has 2 aliphatic heterocycles. The second-order valence-corrected chi connectivity index (χ2v) is 12.2. The van der Waals surface area contributed by atoms with Crippen LogP contribution < -0.4 is 4.90 Å². The number of ether oxygens (including phenoxy) is 3. The molecule has 7 nitrogen and oxygen atoms in total. The molecule has 4 aromatic carbocycles. The Balaban J connectivity index is 1.38. The van der Waals surface area contributed by atoms with E-state index in [0.717, 1.165) is 36.3 Å². The molecule has 0 aliphatic carbocycles. The van der Waals surface area contributed by atoms with Gasteiger partial charge in [-0.2, -0.15) is 0 Å². The number of carbonyl (C=O) groups excluding carboxylic acids is 2. The second-order valence-electron chi connectivity index (χ2n) is 12.2. The summed E-state index contributed by atoms with van der Waals surface area (Å²) in [7, 11) is 0. The average Bonchev–Trinajstić information content (AvgIpc) is 3.49. The number of rotatable bonds is 11. The summed E-state index contributed by atoms with van der Waals surface area (Å²) in [6.45, 7) is 6.43. The molecule has 0 N–H and O–H groups in total. The summed E-state index contributed by atoms with van der Waals surface area (Å²) in [4.78, 5) is 31.6. The van der Waals surface area contributed by atoms with Gasteiger partial charge in [0.1, 0.15) is 12.6 Å². The lowest BCUT2D eigenvalue weighted by atomic mass is 9.77. The maximum Gasteiger partial charge on any atom is 0.417 e. The minimum atomic E-state index is -1.22. The van der Waals surface area contributed by atoms with Crippen molar-refractivity contribution in [2.45, 2.75) is 57.5 Å².